The minimum Gasteiger partial charge on any atom is -0.269 e. The topological polar surface area (TPSA) is 68.0 Å². The van der Waals surface area contributed by atoms with Gasteiger partial charge in [-0.1, -0.05) is 0 Å². The van der Waals surface area contributed by atoms with Gasteiger partial charge in [-0.15, -0.1) is 11.3 Å². The van der Waals surface area contributed by atoms with Crippen LogP contribution in [-0.4, -0.2) is 26.0 Å². The number of alkyl halides is 3. The molecule has 142 valence electrons. The Hall–Kier alpha value is -2.82. The second-order valence-corrected chi connectivity index (χ2v) is 6.50. The predicted octanol–water partition coefficient (Wildman–Crippen LogP) is 4.33. The van der Waals surface area contributed by atoms with E-state index in [9.17, 15) is 17.6 Å². The minimum atomic E-state index is -4.65. The molecule has 0 aliphatic rings. The van der Waals surface area contributed by atoms with Gasteiger partial charge in [-0.3, -0.25) is 4.68 Å². The highest BCUT2D eigenvalue weighted by atomic mass is 32.1. The molecular formula is C16H14F4N6S. The zero-order valence-corrected chi connectivity index (χ0v) is 15.1. The van der Waals surface area contributed by atoms with E-state index in [-0.39, 0.29) is 11.6 Å². The van der Waals surface area contributed by atoms with Gasteiger partial charge in [0.15, 0.2) is 10.8 Å². The highest BCUT2D eigenvalue weighted by Gasteiger charge is 2.34. The van der Waals surface area contributed by atoms with E-state index in [0.29, 0.717) is 22.7 Å². The molecule has 1 N–H and O–H groups in total. The summed E-state index contributed by atoms with van der Waals surface area (Å²) in [6, 6.07) is 3.62. The van der Waals surface area contributed by atoms with Crippen molar-refractivity contribution in [3.8, 4) is 11.3 Å². The molecule has 3 rings (SSSR count). The average Bonchev–Trinajstić information content (AvgIpc) is 3.19. The standard InChI is InChI=1S/C16H14F4N6S/c1-3-26-9(2)11(8-22-26)12-6-13(16(18,19)20)24-15(23-12)25-21-7-10-4-5-14(17)27-10/h4-8H,3H2,1-2H3,(H,23,24,25)/b21-7+. The first kappa shape index (κ1) is 19.0. The summed E-state index contributed by atoms with van der Waals surface area (Å²) in [5.74, 6) is -0.322. The number of aryl methyl sites for hydroxylation is 1. The first-order valence-corrected chi connectivity index (χ1v) is 8.63. The average molecular weight is 398 g/mol. The molecule has 0 aromatic carbocycles. The smallest absolute Gasteiger partial charge is 0.269 e. The van der Waals surface area contributed by atoms with E-state index in [1.165, 1.54) is 24.5 Å². The van der Waals surface area contributed by atoms with Gasteiger partial charge < -0.3 is 0 Å². The lowest BCUT2D eigenvalue weighted by Crippen LogP contribution is -2.11. The fourth-order valence-electron chi connectivity index (χ4n) is 2.35. The molecule has 0 amide bonds. The molecule has 0 atom stereocenters. The van der Waals surface area contributed by atoms with Gasteiger partial charge in [0.2, 0.25) is 5.95 Å². The van der Waals surface area contributed by atoms with Crippen molar-refractivity contribution >= 4 is 23.5 Å². The summed E-state index contributed by atoms with van der Waals surface area (Å²) >= 11 is 0.850. The molecule has 11 heteroatoms. The molecule has 0 aliphatic carbocycles. The molecule has 0 unspecified atom stereocenters. The summed E-state index contributed by atoms with van der Waals surface area (Å²) in [5.41, 5.74) is 2.50. The highest BCUT2D eigenvalue weighted by Crippen LogP contribution is 2.32. The molecule has 0 radical (unpaired) electrons. The SMILES string of the molecule is CCn1ncc(-c2cc(C(F)(F)F)nc(N/N=C/c3ccc(F)s3)n2)c1C. The maximum absolute atomic E-state index is 13.2. The van der Waals surface area contributed by atoms with E-state index in [0.717, 1.165) is 17.4 Å². The first-order valence-electron chi connectivity index (χ1n) is 7.81. The van der Waals surface area contributed by atoms with Gasteiger partial charge in [0.05, 0.1) is 23.0 Å². The molecule has 3 aromatic rings. The Bertz CT molecular complexity index is 976. The lowest BCUT2D eigenvalue weighted by atomic mass is 10.1. The fourth-order valence-corrected chi connectivity index (χ4v) is 2.95. The number of aromatic nitrogens is 4. The minimum absolute atomic E-state index is 0.0781. The Labute approximate surface area is 155 Å². The summed E-state index contributed by atoms with van der Waals surface area (Å²) in [6.45, 7) is 4.20. The van der Waals surface area contributed by atoms with Crippen LogP contribution in [0.4, 0.5) is 23.5 Å². The highest BCUT2D eigenvalue weighted by molar-refractivity contribution is 7.12. The van der Waals surface area contributed by atoms with Gasteiger partial charge in [-0.25, -0.2) is 15.4 Å². The van der Waals surface area contributed by atoms with E-state index >= 15 is 0 Å². The van der Waals surface area contributed by atoms with Crippen LogP contribution in [0, 0.1) is 12.1 Å². The summed E-state index contributed by atoms with van der Waals surface area (Å²) in [5, 5.41) is 7.52. The third-order valence-corrected chi connectivity index (χ3v) is 4.45. The molecular weight excluding hydrogens is 384 g/mol. The van der Waals surface area contributed by atoms with Crippen molar-refractivity contribution in [1.82, 2.24) is 19.7 Å². The first-order chi connectivity index (χ1) is 12.8. The molecule has 27 heavy (non-hydrogen) atoms. The van der Waals surface area contributed by atoms with E-state index in [4.69, 9.17) is 0 Å². The molecule has 3 aromatic heterocycles. The van der Waals surface area contributed by atoms with Crippen LogP contribution in [0.1, 0.15) is 23.2 Å². The Morgan fingerprint density at radius 1 is 1.30 bits per heavy atom. The van der Waals surface area contributed by atoms with Crippen molar-refractivity contribution in [2.24, 2.45) is 5.10 Å². The summed E-state index contributed by atoms with van der Waals surface area (Å²) in [4.78, 5) is 8.06. The number of nitrogens with one attached hydrogen (secondary N) is 1. The monoisotopic (exact) mass is 398 g/mol. The summed E-state index contributed by atoms with van der Waals surface area (Å²) in [6.07, 6.45) is -1.91. The molecule has 0 aliphatic heterocycles. The summed E-state index contributed by atoms with van der Waals surface area (Å²) in [7, 11) is 0. The van der Waals surface area contributed by atoms with Crippen LogP contribution in [0.2, 0.25) is 0 Å². The van der Waals surface area contributed by atoms with Crippen molar-refractivity contribution in [1.29, 1.82) is 0 Å². The van der Waals surface area contributed by atoms with Crippen molar-refractivity contribution in [2.75, 3.05) is 5.43 Å². The molecule has 0 saturated carbocycles. The van der Waals surface area contributed by atoms with Gasteiger partial charge in [-0.05, 0) is 32.0 Å². The van der Waals surface area contributed by atoms with Gasteiger partial charge in [0.1, 0.15) is 0 Å². The fraction of sp³-hybridized carbons (Fsp3) is 0.250. The lowest BCUT2D eigenvalue weighted by molar-refractivity contribution is -0.141. The van der Waals surface area contributed by atoms with Crippen LogP contribution >= 0.6 is 11.3 Å². The zero-order chi connectivity index (χ0) is 19.6. The van der Waals surface area contributed by atoms with E-state index in [1.807, 2.05) is 6.92 Å². The predicted molar refractivity (Wildman–Crippen MR) is 94.2 cm³/mol. The maximum Gasteiger partial charge on any atom is 0.433 e. The Morgan fingerprint density at radius 3 is 2.67 bits per heavy atom. The Kier molecular flexibility index (Phi) is 5.22. The van der Waals surface area contributed by atoms with E-state index in [2.05, 4.69) is 25.6 Å². The Balaban J connectivity index is 1.95. The van der Waals surface area contributed by atoms with Gasteiger partial charge >= 0.3 is 6.18 Å². The number of anilines is 1. The quantitative estimate of drug-likeness (QED) is 0.395. The number of hydrogen-bond donors (Lipinski definition) is 1. The molecule has 0 saturated heterocycles. The summed E-state index contributed by atoms with van der Waals surface area (Å²) < 4.78 is 54.2. The van der Waals surface area contributed by atoms with Crippen LogP contribution in [0.25, 0.3) is 11.3 Å². The molecule has 0 spiro atoms. The van der Waals surface area contributed by atoms with Gasteiger partial charge in [0.25, 0.3) is 0 Å². The van der Waals surface area contributed by atoms with Crippen molar-refractivity contribution in [3.63, 3.8) is 0 Å². The number of thiophene rings is 1. The normalized spacial score (nSPS) is 12.1. The largest absolute Gasteiger partial charge is 0.433 e. The number of hydrogen-bond acceptors (Lipinski definition) is 6. The number of rotatable bonds is 5. The molecule has 3 heterocycles. The lowest BCUT2D eigenvalue weighted by Gasteiger charge is -2.10. The molecule has 0 bridgehead atoms. The Morgan fingerprint density at radius 2 is 2.07 bits per heavy atom. The third-order valence-electron chi connectivity index (χ3n) is 3.65. The number of nitrogens with zero attached hydrogens (tertiary/aromatic N) is 5. The van der Waals surface area contributed by atoms with Crippen molar-refractivity contribution in [3.05, 3.63) is 45.8 Å². The van der Waals surface area contributed by atoms with Gasteiger partial charge in [-0.2, -0.15) is 27.8 Å². The number of halogens is 4. The van der Waals surface area contributed by atoms with Crippen molar-refractivity contribution in [2.45, 2.75) is 26.6 Å². The number of hydrazone groups is 1. The van der Waals surface area contributed by atoms with Crippen molar-refractivity contribution < 1.29 is 17.6 Å². The van der Waals surface area contributed by atoms with Crippen LogP contribution in [-0.2, 0) is 12.7 Å². The zero-order valence-electron chi connectivity index (χ0n) is 14.3. The van der Waals surface area contributed by atoms with E-state index < -0.39 is 17.0 Å². The van der Waals surface area contributed by atoms with E-state index in [1.54, 1.807) is 11.6 Å². The second kappa shape index (κ2) is 7.43. The second-order valence-electron chi connectivity index (χ2n) is 5.43. The van der Waals surface area contributed by atoms with Crippen LogP contribution in [0.3, 0.4) is 0 Å². The molecule has 6 nitrogen and oxygen atoms in total. The van der Waals surface area contributed by atoms with Crippen LogP contribution in [0.5, 0.6) is 0 Å². The molecule has 0 fully saturated rings. The third kappa shape index (κ3) is 4.30. The van der Waals surface area contributed by atoms with Gasteiger partial charge in [0, 0.05) is 17.8 Å². The maximum atomic E-state index is 13.2. The van der Waals surface area contributed by atoms with Crippen LogP contribution in [0.15, 0.2) is 29.5 Å². The van der Waals surface area contributed by atoms with Crippen LogP contribution < -0.4 is 5.43 Å².